The average Bonchev–Trinajstić information content (AvgIpc) is 2.63. The number of halogens is 2. The number of hydrogen-bond acceptors (Lipinski definition) is 4. The number of rotatable bonds is 7. The van der Waals surface area contributed by atoms with Gasteiger partial charge in [-0.15, -0.1) is 0 Å². The molecule has 0 heterocycles. The first kappa shape index (κ1) is 19.1. The molecule has 2 rings (SSSR count). The molecule has 0 saturated carbocycles. The Labute approximate surface area is 156 Å². The highest BCUT2D eigenvalue weighted by Gasteiger charge is 2.08. The molecule has 0 aliphatic rings. The van der Waals surface area contributed by atoms with Gasteiger partial charge < -0.3 is 9.47 Å². The molecule has 132 valence electrons. The number of carbonyl (C=O) groups excluding carboxylic acids is 1. The third kappa shape index (κ3) is 5.37. The Morgan fingerprint density at radius 3 is 2.48 bits per heavy atom. The lowest BCUT2D eigenvalue weighted by molar-refractivity contribution is -0.123. The fourth-order valence-corrected chi connectivity index (χ4v) is 2.36. The molecule has 25 heavy (non-hydrogen) atoms. The summed E-state index contributed by atoms with van der Waals surface area (Å²) in [7, 11) is 1.54. The molecule has 0 radical (unpaired) electrons. The van der Waals surface area contributed by atoms with Crippen molar-refractivity contribution in [3.63, 3.8) is 0 Å². The highest BCUT2D eigenvalue weighted by Crippen LogP contribution is 2.25. The van der Waals surface area contributed by atoms with Crippen LogP contribution in [-0.4, -0.2) is 25.3 Å². The van der Waals surface area contributed by atoms with E-state index >= 15 is 0 Å². The fourth-order valence-electron chi connectivity index (χ4n) is 2.07. The molecule has 0 bridgehead atoms. The van der Waals surface area contributed by atoms with Crippen LogP contribution in [0.5, 0.6) is 11.5 Å². The van der Waals surface area contributed by atoms with Crippen LogP contribution >= 0.6 is 23.2 Å². The van der Waals surface area contributed by atoms with Crippen LogP contribution in [0.25, 0.3) is 0 Å². The van der Waals surface area contributed by atoms with Gasteiger partial charge in [-0.1, -0.05) is 48.3 Å². The second kappa shape index (κ2) is 9.30. The van der Waals surface area contributed by atoms with E-state index in [4.69, 9.17) is 32.7 Å². The Bertz CT molecular complexity index is 779. The van der Waals surface area contributed by atoms with Gasteiger partial charge in [0, 0.05) is 0 Å². The maximum absolute atomic E-state index is 12.0. The zero-order valence-corrected chi connectivity index (χ0v) is 15.4. The summed E-state index contributed by atoms with van der Waals surface area (Å²) in [5, 5.41) is 5.05. The van der Waals surface area contributed by atoms with Crippen LogP contribution in [0.1, 0.15) is 18.9 Å². The Hall–Kier alpha value is -2.24. The van der Waals surface area contributed by atoms with Crippen LogP contribution in [0, 0.1) is 0 Å². The Morgan fingerprint density at radius 1 is 1.12 bits per heavy atom. The van der Waals surface area contributed by atoms with E-state index in [9.17, 15) is 4.79 Å². The quantitative estimate of drug-likeness (QED) is 0.574. The molecule has 0 aliphatic heterocycles. The lowest BCUT2D eigenvalue weighted by atomic mass is 10.1. The van der Waals surface area contributed by atoms with Crippen molar-refractivity contribution in [1.82, 2.24) is 5.43 Å². The summed E-state index contributed by atoms with van der Waals surface area (Å²) in [6.45, 7) is 1.75. The number of carbonyl (C=O) groups is 1. The summed E-state index contributed by atoms with van der Waals surface area (Å²) in [6, 6.07) is 12.3. The van der Waals surface area contributed by atoms with Crippen molar-refractivity contribution in [2.75, 3.05) is 13.7 Å². The fraction of sp³-hybridized carbons (Fsp3) is 0.222. The van der Waals surface area contributed by atoms with Crippen LogP contribution in [0.2, 0.25) is 10.0 Å². The van der Waals surface area contributed by atoms with Gasteiger partial charge in [-0.2, -0.15) is 5.10 Å². The predicted octanol–water partition coefficient (Wildman–Crippen LogP) is 4.31. The maximum atomic E-state index is 12.0. The van der Waals surface area contributed by atoms with Gasteiger partial charge in [-0.3, -0.25) is 4.79 Å². The number of amides is 1. The molecule has 2 aromatic carbocycles. The predicted molar refractivity (Wildman–Crippen MR) is 99.9 cm³/mol. The molecule has 0 saturated heterocycles. The Morgan fingerprint density at radius 2 is 1.84 bits per heavy atom. The summed E-state index contributed by atoms with van der Waals surface area (Å²) in [4.78, 5) is 12.0. The van der Waals surface area contributed by atoms with E-state index in [-0.39, 0.29) is 12.5 Å². The lowest BCUT2D eigenvalue weighted by Crippen LogP contribution is -2.26. The first-order chi connectivity index (χ1) is 12.0. The Kier molecular flexibility index (Phi) is 7.10. The van der Waals surface area contributed by atoms with Gasteiger partial charge >= 0.3 is 0 Å². The van der Waals surface area contributed by atoms with E-state index in [1.165, 1.54) is 7.11 Å². The molecule has 0 atom stereocenters. The van der Waals surface area contributed by atoms with Gasteiger partial charge in [0.25, 0.3) is 5.91 Å². The Balaban J connectivity index is 1.98. The second-order valence-corrected chi connectivity index (χ2v) is 5.83. The van der Waals surface area contributed by atoms with E-state index in [1.54, 1.807) is 36.4 Å². The first-order valence-corrected chi connectivity index (χ1v) is 8.37. The van der Waals surface area contributed by atoms with Crippen LogP contribution in [0.3, 0.4) is 0 Å². The average molecular weight is 381 g/mol. The monoisotopic (exact) mass is 380 g/mol. The van der Waals surface area contributed by atoms with Crippen molar-refractivity contribution in [2.45, 2.75) is 13.3 Å². The smallest absolute Gasteiger partial charge is 0.277 e. The van der Waals surface area contributed by atoms with Crippen molar-refractivity contribution in [3.8, 4) is 11.5 Å². The molecule has 0 unspecified atom stereocenters. The number of nitrogens with one attached hydrogen (secondary N) is 1. The third-order valence-electron chi connectivity index (χ3n) is 3.33. The van der Waals surface area contributed by atoms with Crippen LogP contribution < -0.4 is 14.9 Å². The van der Waals surface area contributed by atoms with E-state index < -0.39 is 0 Å². The lowest BCUT2D eigenvalue weighted by Gasteiger charge is -2.10. The molecule has 7 heteroatoms. The molecule has 0 spiro atoms. The van der Waals surface area contributed by atoms with E-state index in [1.807, 2.05) is 13.0 Å². The summed E-state index contributed by atoms with van der Waals surface area (Å²) in [5.41, 5.74) is 3.96. The number of nitrogens with zero attached hydrogens (tertiary/aromatic N) is 1. The number of benzene rings is 2. The first-order valence-electron chi connectivity index (χ1n) is 7.61. The van der Waals surface area contributed by atoms with Crippen LogP contribution in [0.15, 0.2) is 47.6 Å². The number of para-hydroxylation sites is 2. The number of ether oxygens (including phenoxy) is 2. The number of methoxy groups -OCH3 is 1. The SMILES string of the molecule is CCC(=NNC(=O)COc1ccccc1OC)c1ccc(Cl)c(Cl)c1. The van der Waals surface area contributed by atoms with Crippen molar-refractivity contribution in [1.29, 1.82) is 0 Å². The number of hydrogen-bond donors (Lipinski definition) is 1. The minimum absolute atomic E-state index is 0.178. The highest BCUT2D eigenvalue weighted by atomic mass is 35.5. The van der Waals surface area contributed by atoms with Crippen LogP contribution in [-0.2, 0) is 4.79 Å². The van der Waals surface area contributed by atoms with Crippen molar-refractivity contribution < 1.29 is 14.3 Å². The molecule has 2 aromatic rings. The zero-order chi connectivity index (χ0) is 18.2. The van der Waals surface area contributed by atoms with E-state index in [0.717, 1.165) is 5.56 Å². The molecule has 1 N–H and O–H groups in total. The van der Waals surface area contributed by atoms with Gasteiger partial charge in [0.05, 0.1) is 22.9 Å². The number of hydrazone groups is 1. The van der Waals surface area contributed by atoms with Crippen molar-refractivity contribution in [2.24, 2.45) is 5.10 Å². The molecule has 0 aliphatic carbocycles. The molecular formula is C18H18Cl2N2O3. The zero-order valence-electron chi connectivity index (χ0n) is 13.9. The molecular weight excluding hydrogens is 363 g/mol. The topological polar surface area (TPSA) is 59.9 Å². The molecule has 0 aromatic heterocycles. The third-order valence-corrected chi connectivity index (χ3v) is 4.07. The largest absolute Gasteiger partial charge is 0.493 e. The summed E-state index contributed by atoms with van der Waals surface area (Å²) < 4.78 is 10.6. The standard InChI is InChI=1S/C18H18Cl2N2O3/c1-3-15(12-8-9-13(19)14(20)10-12)21-22-18(23)11-25-17-7-5-4-6-16(17)24-2/h4-10H,3,11H2,1-2H3,(H,22,23). The maximum Gasteiger partial charge on any atom is 0.277 e. The van der Waals surface area contributed by atoms with Gasteiger partial charge in [-0.05, 0) is 36.2 Å². The van der Waals surface area contributed by atoms with E-state index in [0.29, 0.717) is 33.7 Å². The van der Waals surface area contributed by atoms with Gasteiger partial charge in [-0.25, -0.2) is 5.43 Å². The highest BCUT2D eigenvalue weighted by molar-refractivity contribution is 6.42. The van der Waals surface area contributed by atoms with E-state index in [2.05, 4.69) is 10.5 Å². The summed E-state index contributed by atoms with van der Waals surface area (Å²) in [6.07, 6.45) is 0.617. The summed E-state index contributed by atoms with van der Waals surface area (Å²) in [5.74, 6) is 0.671. The minimum atomic E-state index is -0.378. The second-order valence-electron chi connectivity index (χ2n) is 5.02. The molecule has 0 fully saturated rings. The summed E-state index contributed by atoms with van der Waals surface area (Å²) >= 11 is 11.9. The molecule has 1 amide bonds. The van der Waals surface area contributed by atoms with Gasteiger partial charge in [0.2, 0.25) is 0 Å². The normalized spacial score (nSPS) is 11.1. The molecule has 5 nitrogen and oxygen atoms in total. The van der Waals surface area contributed by atoms with Crippen LogP contribution in [0.4, 0.5) is 0 Å². The van der Waals surface area contributed by atoms with Crippen molar-refractivity contribution >= 4 is 34.8 Å². The van der Waals surface area contributed by atoms with Gasteiger partial charge in [0.1, 0.15) is 0 Å². The van der Waals surface area contributed by atoms with Gasteiger partial charge in [0.15, 0.2) is 18.1 Å². The van der Waals surface area contributed by atoms with Crippen molar-refractivity contribution in [3.05, 3.63) is 58.1 Å². The minimum Gasteiger partial charge on any atom is -0.493 e.